The number of aryl methyl sites for hydroxylation is 2. The molecular formula is C14H16N4. The lowest BCUT2D eigenvalue weighted by atomic mass is 10.1. The third kappa shape index (κ3) is 2.69. The van der Waals surface area contributed by atoms with Crippen LogP contribution >= 0.6 is 0 Å². The van der Waals surface area contributed by atoms with Gasteiger partial charge in [0.25, 0.3) is 0 Å². The molecule has 2 rings (SSSR count). The van der Waals surface area contributed by atoms with Gasteiger partial charge in [-0.25, -0.2) is 4.98 Å². The van der Waals surface area contributed by atoms with Crippen LogP contribution in [0, 0.1) is 18.3 Å². The van der Waals surface area contributed by atoms with E-state index in [1.54, 1.807) is 0 Å². The largest absolute Gasteiger partial charge is 0.384 e. The predicted octanol–water partition coefficient (Wildman–Crippen LogP) is 2.25. The maximum Gasteiger partial charge on any atom is 0.110 e. The molecule has 4 nitrogen and oxygen atoms in total. The van der Waals surface area contributed by atoms with Crippen LogP contribution in [0.15, 0.2) is 30.6 Å². The van der Waals surface area contributed by atoms with Gasteiger partial charge in [-0.1, -0.05) is 0 Å². The third-order valence-electron chi connectivity index (χ3n) is 2.94. The van der Waals surface area contributed by atoms with Crippen LogP contribution in [0.5, 0.6) is 0 Å². The molecular weight excluding hydrogens is 224 g/mol. The summed E-state index contributed by atoms with van der Waals surface area (Å²) >= 11 is 0. The number of hydrogen-bond donors (Lipinski definition) is 1. The number of imidazole rings is 1. The average molecular weight is 240 g/mol. The Morgan fingerprint density at radius 1 is 1.44 bits per heavy atom. The molecule has 1 N–H and O–H groups in total. The Morgan fingerprint density at radius 3 is 2.89 bits per heavy atom. The van der Waals surface area contributed by atoms with Gasteiger partial charge in [-0.3, -0.25) is 0 Å². The molecule has 2 aromatic rings. The first kappa shape index (κ1) is 12.2. The van der Waals surface area contributed by atoms with Crippen molar-refractivity contribution in [2.75, 3.05) is 11.9 Å². The highest BCUT2D eigenvalue weighted by atomic mass is 15.0. The SMILES string of the molecule is Cc1cc(C#N)ccc1NCCc1nccn1C. The molecule has 0 radical (unpaired) electrons. The lowest BCUT2D eigenvalue weighted by molar-refractivity contribution is 0.789. The quantitative estimate of drug-likeness (QED) is 0.891. The molecule has 0 atom stereocenters. The fourth-order valence-electron chi connectivity index (χ4n) is 1.88. The van der Waals surface area contributed by atoms with Gasteiger partial charge in [-0.15, -0.1) is 0 Å². The maximum atomic E-state index is 8.80. The van der Waals surface area contributed by atoms with Crippen molar-refractivity contribution in [2.45, 2.75) is 13.3 Å². The van der Waals surface area contributed by atoms with Gasteiger partial charge >= 0.3 is 0 Å². The average Bonchev–Trinajstić information content (AvgIpc) is 2.77. The van der Waals surface area contributed by atoms with Crippen LogP contribution in [0.1, 0.15) is 17.0 Å². The molecule has 0 aliphatic carbocycles. The molecule has 0 bridgehead atoms. The number of aromatic nitrogens is 2. The lowest BCUT2D eigenvalue weighted by Gasteiger charge is -2.09. The number of nitrogens with one attached hydrogen (secondary N) is 1. The van der Waals surface area contributed by atoms with Gasteiger partial charge in [-0.2, -0.15) is 5.26 Å². The molecule has 1 aromatic heterocycles. The fraction of sp³-hybridized carbons (Fsp3) is 0.286. The van der Waals surface area contributed by atoms with Crippen LogP contribution in [-0.4, -0.2) is 16.1 Å². The normalized spacial score (nSPS) is 10.1. The first-order chi connectivity index (χ1) is 8.70. The first-order valence-corrected chi connectivity index (χ1v) is 5.91. The molecule has 0 amide bonds. The van der Waals surface area contributed by atoms with Crippen molar-refractivity contribution in [3.05, 3.63) is 47.5 Å². The minimum atomic E-state index is 0.696. The van der Waals surface area contributed by atoms with E-state index in [0.717, 1.165) is 30.0 Å². The Morgan fingerprint density at radius 2 is 2.28 bits per heavy atom. The van der Waals surface area contributed by atoms with E-state index < -0.39 is 0 Å². The summed E-state index contributed by atoms with van der Waals surface area (Å²) in [5.41, 5.74) is 2.86. The fourth-order valence-corrected chi connectivity index (χ4v) is 1.88. The number of anilines is 1. The van der Waals surface area contributed by atoms with E-state index in [2.05, 4.69) is 16.4 Å². The molecule has 0 saturated heterocycles. The summed E-state index contributed by atoms with van der Waals surface area (Å²) in [5.74, 6) is 1.06. The van der Waals surface area contributed by atoms with Crippen LogP contribution in [0.2, 0.25) is 0 Å². The maximum absolute atomic E-state index is 8.80. The molecule has 0 unspecified atom stereocenters. The molecule has 0 spiro atoms. The molecule has 92 valence electrons. The van der Waals surface area contributed by atoms with E-state index in [4.69, 9.17) is 5.26 Å². The van der Waals surface area contributed by atoms with Crippen LogP contribution in [-0.2, 0) is 13.5 Å². The highest BCUT2D eigenvalue weighted by molar-refractivity contribution is 5.54. The standard InChI is InChI=1S/C14H16N4/c1-11-9-12(10-15)3-4-13(11)16-6-5-14-17-7-8-18(14)2/h3-4,7-9,16H,5-6H2,1-2H3. The monoisotopic (exact) mass is 240 g/mol. The molecule has 0 fully saturated rings. The molecule has 0 aliphatic heterocycles. The van der Waals surface area contributed by atoms with Crippen molar-refractivity contribution in [3.63, 3.8) is 0 Å². The van der Waals surface area contributed by atoms with Gasteiger partial charge < -0.3 is 9.88 Å². The molecule has 4 heteroatoms. The van der Waals surface area contributed by atoms with Crippen molar-refractivity contribution in [3.8, 4) is 6.07 Å². The summed E-state index contributed by atoms with van der Waals surface area (Å²) in [6, 6.07) is 7.81. The molecule has 0 saturated carbocycles. The van der Waals surface area contributed by atoms with Crippen molar-refractivity contribution >= 4 is 5.69 Å². The number of nitrogens with zero attached hydrogens (tertiary/aromatic N) is 3. The van der Waals surface area contributed by atoms with Crippen molar-refractivity contribution < 1.29 is 0 Å². The molecule has 18 heavy (non-hydrogen) atoms. The zero-order valence-electron chi connectivity index (χ0n) is 10.6. The number of benzene rings is 1. The summed E-state index contributed by atoms with van der Waals surface area (Å²) in [5, 5.41) is 12.2. The van der Waals surface area contributed by atoms with Gasteiger partial charge in [0.05, 0.1) is 11.6 Å². The number of hydrogen-bond acceptors (Lipinski definition) is 3. The van der Waals surface area contributed by atoms with Gasteiger partial charge in [-0.05, 0) is 30.7 Å². The van der Waals surface area contributed by atoms with Crippen LogP contribution in [0.3, 0.4) is 0 Å². The second-order valence-corrected chi connectivity index (χ2v) is 4.27. The van der Waals surface area contributed by atoms with Gasteiger partial charge in [0, 0.05) is 38.1 Å². The van der Waals surface area contributed by atoms with E-state index in [1.165, 1.54) is 0 Å². The Balaban J connectivity index is 1.95. The highest BCUT2D eigenvalue weighted by Crippen LogP contribution is 2.15. The smallest absolute Gasteiger partial charge is 0.110 e. The van der Waals surface area contributed by atoms with E-state index in [9.17, 15) is 0 Å². The minimum Gasteiger partial charge on any atom is -0.384 e. The van der Waals surface area contributed by atoms with Crippen molar-refractivity contribution in [2.24, 2.45) is 7.05 Å². The lowest BCUT2D eigenvalue weighted by Crippen LogP contribution is -2.09. The Hall–Kier alpha value is -2.28. The summed E-state index contributed by atoms with van der Waals surface area (Å²) in [6.45, 7) is 2.83. The molecule has 1 heterocycles. The van der Waals surface area contributed by atoms with E-state index in [-0.39, 0.29) is 0 Å². The highest BCUT2D eigenvalue weighted by Gasteiger charge is 2.01. The van der Waals surface area contributed by atoms with E-state index >= 15 is 0 Å². The summed E-state index contributed by atoms with van der Waals surface area (Å²) in [4.78, 5) is 4.28. The molecule has 1 aromatic carbocycles. The summed E-state index contributed by atoms with van der Waals surface area (Å²) < 4.78 is 2.02. The Labute approximate surface area is 107 Å². The second-order valence-electron chi connectivity index (χ2n) is 4.27. The number of nitriles is 1. The Kier molecular flexibility index (Phi) is 3.63. The minimum absolute atomic E-state index is 0.696. The van der Waals surface area contributed by atoms with Crippen molar-refractivity contribution in [1.29, 1.82) is 5.26 Å². The van der Waals surface area contributed by atoms with E-state index in [0.29, 0.717) is 5.56 Å². The van der Waals surface area contributed by atoms with E-state index in [1.807, 2.05) is 49.1 Å². The summed E-state index contributed by atoms with van der Waals surface area (Å²) in [6.07, 6.45) is 4.63. The zero-order chi connectivity index (χ0) is 13.0. The predicted molar refractivity (Wildman–Crippen MR) is 71.3 cm³/mol. The zero-order valence-corrected chi connectivity index (χ0v) is 10.6. The van der Waals surface area contributed by atoms with Crippen LogP contribution in [0.4, 0.5) is 5.69 Å². The molecule has 0 aliphatic rings. The first-order valence-electron chi connectivity index (χ1n) is 5.91. The van der Waals surface area contributed by atoms with Gasteiger partial charge in [0.15, 0.2) is 0 Å². The summed E-state index contributed by atoms with van der Waals surface area (Å²) in [7, 11) is 2.00. The second kappa shape index (κ2) is 5.37. The van der Waals surface area contributed by atoms with Crippen molar-refractivity contribution in [1.82, 2.24) is 9.55 Å². The van der Waals surface area contributed by atoms with Crippen LogP contribution in [0.25, 0.3) is 0 Å². The van der Waals surface area contributed by atoms with Crippen LogP contribution < -0.4 is 5.32 Å². The Bertz CT molecular complexity index is 578. The topological polar surface area (TPSA) is 53.6 Å². The van der Waals surface area contributed by atoms with Gasteiger partial charge in [0.1, 0.15) is 5.82 Å². The third-order valence-corrected chi connectivity index (χ3v) is 2.94. The van der Waals surface area contributed by atoms with Gasteiger partial charge in [0.2, 0.25) is 0 Å². The number of rotatable bonds is 4.